The monoisotopic (exact) mass is 272 g/mol. The van der Waals surface area contributed by atoms with E-state index < -0.39 is 0 Å². The molecule has 2 saturated heterocycles. The predicted molar refractivity (Wildman–Crippen MR) is 71.6 cm³/mol. The van der Waals surface area contributed by atoms with Gasteiger partial charge in [-0.25, -0.2) is 0 Å². The quantitative estimate of drug-likeness (QED) is 0.222. The van der Waals surface area contributed by atoms with E-state index in [2.05, 4.69) is 0 Å². The first kappa shape index (κ1) is 18.9. The van der Waals surface area contributed by atoms with E-state index in [0.717, 1.165) is 13.2 Å². The van der Waals surface area contributed by atoms with Gasteiger partial charge in [-0.05, 0) is 10.8 Å². The molecule has 2 heterocycles. The topological polar surface area (TPSA) is 43.5 Å². The number of hydrogen-bond donors (Lipinski definition) is 0. The normalized spacial score (nSPS) is 24.8. The second-order valence-corrected chi connectivity index (χ2v) is 4.83. The van der Waals surface area contributed by atoms with Gasteiger partial charge in [0.05, 0.1) is 37.5 Å². The fourth-order valence-electron chi connectivity index (χ4n) is 0.699. The Kier molecular flexibility index (Phi) is 12.6. The standard InChI is InChI=1S/C7H12O4S2.3CH4/c1(6-2-9-6)8-5-12-13-11-4-7-3-10-7;;;/h6-7H,1-5H2;3*1H4. The Morgan fingerprint density at radius 2 is 1.56 bits per heavy atom. The number of hydrogen-bond acceptors (Lipinski definition) is 6. The minimum Gasteiger partial charge on any atom is -0.371 e. The SMILES string of the molecule is C.C.C.C(OCC1CO1)SSOCC1CO1. The average molecular weight is 272 g/mol. The number of ether oxygens (including phenoxy) is 3. The van der Waals surface area contributed by atoms with Gasteiger partial charge in [0, 0.05) is 0 Å². The Labute approximate surface area is 107 Å². The fraction of sp³-hybridized carbons (Fsp3) is 1.00. The second-order valence-electron chi connectivity index (χ2n) is 2.87. The molecule has 0 aromatic carbocycles. The molecule has 0 aliphatic carbocycles. The first-order valence-corrected chi connectivity index (χ1v) is 6.41. The van der Waals surface area contributed by atoms with Gasteiger partial charge in [-0.15, -0.1) is 0 Å². The van der Waals surface area contributed by atoms with Gasteiger partial charge in [0.2, 0.25) is 0 Å². The number of rotatable bonds is 8. The largest absolute Gasteiger partial charge is 0.371 e. The molecule has 0 N–H and O–H groups in total. The smallest absolute Gasteiger partial charge is 0.106 e. The van der Waals surface area contributed by atoms with Crippen molar-refractivity contribution >= 4 is 21.9 Å². The maximum absolute atomic E-state index is 5.29. The zero-order valence-electron chi connectivity index (χ0n) is 7.14. The summed E-state index contributed by atoms with van der Waals surface area (Å²) in [6.07, 6.45) is 0.695. The van der Waals surface area contributed by atoms with Crippen molar-refractivity contribution in [2.45, 2.75) is 34.5 Å². The second kappa shape index (κ2) is 10.7. The molecule has 0 aromatic heterocycles. The average Bonchev–Trinajstić information content (AvgIpc) is 2.99. The zero-order chi connectivity index (χ0) is 8.93. The summed E-state index contributed by atoms with van der Waals surface area (Å²) in [5, 5.41) is 0. The van der Waals surface area contributed by atoms with Gasteiger partial charge in [0.15, 0.2) is 0 Å². The zero-order valence-corrected chi connectivity index (χ0v) is 8.77. The maximum atomic E-state index is 5.29. The van der Waals surface area contributed by atoms with Crippen LogP contribution < -0.4 is 0 Å². The van der Waals surface area contributed by atoms with E-state index in [0.29, 0.717) is 31.4 Å². The van der Waals surface area contributed by atoms with Crippen LogP contribution in [-0.4, -0.2) is 44.6 Å². The van der Waals surface area contributed by atoms with Crippen molar-refractivity contribution in [2.24, 2.45) is 0 Å². The highest BCUT2D eigenvalue weighted by Crippen LogP contribution is 2.24. The summed E-state index contributed by atoms with van der Waals surface area (Å²) in [7, 11) is 1.55. The summed E-state index contributed by atoms with van der Waals surface area (Å²) in [6.45, 7) is 3.09. The molecule has 2 aliphatic heterocycles. The lowest BCUT2D eigenvalue weighted by molar-refractivity contribution is 0.159. The van der Waals surface area contributed by atoms with Crippen LogP contribution in [0, 0.1) is 0 Å². The maximum Gasteiger partial charge on any atom is 0.106 e. The van der Waals surface area contributed by atoms with Crippen LogP contribution >= 0.6 is 21.9 Å². The van der Waals surface area contributed by atoms with Crippen molar-refractivity contribution in [1.29, 1.82) is 0 Å². The van der Waals surface area contributed by atoms with E-state index in [1.165, 1.54) is 11.1 Å². The lowest BCUT2D eigenvalue weighted by Crippen LogP contribution is -2.00. The summed E-state index contributed by atoms with van der Waals surface area (Å²) in [5.41, 5.74) is 0. The molecule has 2 aliphatic rings. The molecule has 2 fully saturated rings. The molecule has 0 bridgehead atoms. The Hall–Kier alpha value is 0.540. The molecule has 0 amide bonds. The van der Waals surface area contributed by atoms with Crippen molar-refractivity contribution in [3.05, 3.63) is 0 Å². The molecule has 16 heavy (non-hydrogen) atoms. The van der Waals surface area contributed by atoms with Crippen LogP contribution in [0.25, 0.3) is 0 Å². The predicted octanol–water partition coefficient (Wildman–Crippen LogP) is 2.98. The van der Waals surface area contributed by atoms with E-state index >= 15 is 0 Å². The van der Waals surface area contributed by atoms with Crippen molar-refractivity contribution in [1.82, 2.24) is 0 Å². The van der Waals surface area contributed by atoms with Crippen molar-refractivity contribution in [3.63, 3.8) is 0 Å². The molecule has 4 nitrogen and oxygen atoms in total. The van der Waals surface area contributed by atoms with E-state index in [9.17, 15) is 0 Å². The Balaban J connectivity index is 0. The molecule has 6 heteroatoms. The van der Waals surface area contributed by atoms with E-state index in [1.807, 2.05) is 0 Å². The summed E-state index contributed by atoms with van der Waals surface area (Å²) >= 11 is 1.36. The minimum absolute atomic E-state index is 0. The Morgan fingerprint density at radius 1 is 1.00 bits per heavy atom. The molecule has 0 spiro atoms. The van der Waals surface area contributed by atoms with Crippen molar-refractivity contribution in [3.8, 4) is 0 Å². The minimum atomic E-state index is 0. The summed E-state index contributed by atoms with van der Waals surface area (Å²) in [5.74, 6) is 0.649. The molecule has 2 rings (SSSR count). The van der Waals surface area contributed by atoms with Crippen molar-refractivity contribution in [2.75, 3.05) is 32.4 Å². The van der Waals surface area contributed by atoms with Gasteiger partial charge in [-0.2, -0.15) is 0 Å². The van der Waals surface area contributed by atoms with Crippen LogP contribution in [0.1, 0.15) is 22.3 Å². The van der Waals surface area contributed by atoms with Gasteiger partial charge in [-0.1, -0.05) is 22.3 Å². The molecule has 100 valence electrons. The highest BCUT2D eigenvalue weighted by molar-refractivity contribution is 8.74. The van der Waals surface area contributed by atoms with E-state index in [-0.39, 0.29) is 22.3 Å². The molecule has 0 saturated carbocycles. The highest BCUT2D eigenvalue weighted by atomic mass is 33.1. The molecule has 2 unspecified atom stereocenters. The summed E-state index contributed by atoms with van der Waals surface area (Å²) < 4.78 is 20.5. The molecule has 0 radical (unpaired) electrons. The van der Waals surface area contributed by atoms with Crippen LogP contribution in [0.4, 0.5) is 0 Å². The third-order valence-electron chi connectivity index (χ3n) is 1.59. The molecule has 0 aromatic rings. The first-order valence-electron chi connectivity index (χ1n) is 4.17. The third-order valence-corrected chi connectivity index (χ3v) is 3.05. The first-order chi connectivity index (χ1) is 6.45. The third kappa shape index (κ3) is 9.74. The lowest BCUT2D eigenvalue weighted by Gasteiger charge is -2.00. The summed E-state index contributed by atoms with van der Waals surface area (Å²) in [6, 6.07) is 0. The van der Waals surface area contributed by atoms with Gasteiger partial charge in [0.1, 0.15) is 18.1 Å². The Morgan fingerprint density at radius 3 is 2.12 bits per heavy atom. The van der Waals surface area contributed by atoms with E-state index in [1.54, 1.807) is 10.8 Å². The van der Waals surface area contributed by atoms with Gasteiger partial charge in [0.25, 0.3) is 0 Å². The van der Waals surface area contributed by atoms with Crippen LogP contribution in [0.5, 0.6) is 0 Å². The number of epoxide rings is 2. The fourth-order valence-corrected chi connectivity index (χ4v) is 1.87. The Bertz CT molecular complexity index is 136. The molecular formula is C10H24O4S2. The van der Waals surface area contributed by atoms with Gasteiger partial charge >= 0.3 is 0 Å². The van der Waals surface area contributed by atoms with Crippen LogP contribution in [0.15, 0.2) is 0 Å². The van der Waals surface area contributed by atoms with Gasteiger partial charge in [-0.3, -0.25) is 0 Å². The molecule has 2 atom stereocenters. The van der Waals surface area contributed by atoms with E-state index in [4.69, 9.17) is 18.4 Å². The summed E-state index contributed by atoms with van der Waals surface area (Å²) in [4.78, 5) is 0. The van der Waals surface area contributed by atoms with Gasteiger partial charge < -0.3 is 18.4 Å². The molecular weight excluding hydrogens is 248 g/mol. The van der Waals surface area contributed by atoms with Crippen LogP contribution in [-0.2, 0) is 18.4 Å². The lowest BCUT2D eigenvalue weighted by atomic mass is 10.5. The van der Waals surface area contributed by atoms with Crippen molar-refractivity contribution < 1.29 is 18.4 Å². The highest BCUT2D eigenvalue weighted by Gasteiger charge is 2.23. The van der Waals surface area contributed by atoms with Crippen LogP contribution in [0.2, 0.25) is 0 Å². The van der Waals surface area contributed by atoms with Crippen LogP contribution in [0.3, 0.4) is 0 Å².